The Labute approximate surface area is 150 Å². The minimum absolute atomic E-state index is 0.247. The molecular formula is C21H29NO3. The van der Waals surface area contributed by atoms with Crippen molar-refractivity contribution in [2.45, 2.75) is 68.9 Å². The van der Waals surface area contributed by atoms with Crippen molar-refractivity contribution in [2.75, 3.05) is 20.3 Å². The van der Waals surface area contributed by atoms with Crippen LogP contribution in [0.2, 0.25) is 0 Å². The third kappa shape index (κ3) is 2.37. The normalized spacial score (nSPS) is 33.5. The van der Waals surface area contributed by atoms with Crippen LogP contribution in [-0.2, 0) is 21.4 Å². The molecule has 1 saturated heterocycles. The number of unbranched alkanes of at least 4 members (excludes halogenated alkanes) is 1. The van der Waals surface area contributed by atoms with E-state index >= 15 is 0 Å². The second kappa shape index (κ2) is 6.40. The van der Waals surface area contributed by atoms with Crippen LogP contribution in [0.5, 0.6) is 5.75 Å². The number of fused-ring (bicyclic) bond motifs is 1. The molecule has 0 radical (unpaired) electrons. The molecule has 1 aromatic carbocycles. The SMILES string of the molecule is CCCCOc1cccc2c1[C@]13CCN[C@H](C2)[C@]1(OC)CCC(=O)C3. The van der Waals surface area contributed by atoms with Crippen LogP contribution in [0, 0.1) is 0 Å². The van der Waals surface area contributed by atoms with Crippen LogP contribution in [0.3, 0.4) is 0 Å². The van der Waals surface area contributed by atoms with Gasteiger partial charge in [-0.1, -0.05) is 25.5 Å². The summed E-state index contributed by atoms with van der Waals surface area (Å²) >= 11 is 0. The van der Waals surface area contributed by atoms with Gasteiger partial charge in [-0.15, -0.1) is 0 Å². The molecular weight excluding hydrogens is 314 g/mol. The fourth-order valence-corrected chi connectivity index (χ4v) is 5.63. The first-order chi connectivity index (χ1) is 12.2. The molecule has 1 aromatic rings. The Morgan fingerprint density at radius 1 is 1.32 bits per heavy atom. The number of hydrogen-bond donors (Lipinski definition) is 1. The van der Waals surface area contributed by atoms with E-state index in [1.54, 1.807) is 0 Å². The lowest BCUT2D eigenvalue weighted by Gasteiger charge is -2.62. The zero-order valence-corrected chi connectivity index (χ0v) is 15.4. The van der Waals surface area contributed by atoms with Gasteiger partial charge >= 0.3 is 0 Å². The van der Waals surface area contributed by atoms with Crippen molar-refractivity contribution in [3.05, 3.63) is 29.3 Å². The van der Waals surface area contributed by atoms with Gasteiger partial charge in [0.15, 0.2) is 0 Å². The van der Waals surface area contributed by atoms with Gasteiger partial charge in [-0.3, -0.25) is 4.79 Å². The standard InChI is InChI=1S/C21H29NO3/c1-3-4-12-25-17-7-5-6-15-13-18-21(24-2)9-8-16(23)14-20(21,19(15)17)10-11-22-18/h5-7,18,22H,3-4,8-14H2,1-2H3/t18-,20-,21-/m1/s1. The Balaban J connectivity index is 1.86. The van der Waals surface area contributed by atoms with Crippen LogP contribution in [0.25, 0.3) is 0 Å². The summed E-state index contributed by atoms with van der Waals surface area (Å²) < 4.78 is 12.5. The number of methoxy groups -OCH3 is 1. The molecule has 4 rings (SSSR count). The molecule has 136 valence electrons. The van der Waals surface area contributed by atoms with E-state index in [1.807, 2.05) is 7.11 Å². The summed E-state index contributed by atoms with van der Waals surface area (Å²) in [5.74, 6) is 1.34. The smallest absolute Gasteiger partial charge is 0.134 e. The lowest BCUT2D eigenvalue weighted by Crippen LogP contribution is -2.73. The molecule has 0 unspecified atom stereocenters. The summed E-state index contributed by atoms with van der Waals surface area (Å²) in [4.78, 5) is 12.5. The molecule has 4 nitrogen and oxygen atoms in total. The topological polar surface area (TPSA) is 47.6 Å². The van der Waals surface area contributed by atoms with Crippen LogP contribution in [-0.4, -0.2) is 37.7 Å². The lowest BCUT2D eigenvalue weighted by atomic mass is 9.49. The summed E-state index contributed by atoms with van der Waals surface area (Å²) in [5.41, 5.74) is 2.05. The third-order valence-corrected chi connectivity index (χ3v) is 6.72. The van der Waals surface area contributed by atoms with Crippen LogP contribution in [0.15, 0.2) is 18.2 Å². The van der Waals surface area contributed by atoms with Crippen molar-refractivity contribution in [1.29, 1.82) is 0 Å². The molecule has 2 fully saturated rings. The summed E-state index contributed by atoms with van der Waals surface area (Å²) in [6, 6.07) is 6.67. The maximum absolute atomic E-state index is 12.5. The molecule has 3 aliphatic rings. The highest BCUT2D eigenvalue weighted by Crippen LogP contribution is 2.59. The quantitative estimate of drug-likeness (QED) is 0.834. The average molecular weight is 343 g/mol. The monoisotopic (exact) mass is 343 g/mol. The molecule has 0 amide bonds. The summed E-state index contributed by atoms with van der Waals surface area (Å²) in [6.45, 7) is 3.85. The predicted molar refractivity (Wildman–Crippen MR) is 97.2 cm³/mol. The van der Waals surface area contributed by atoms with E-state index in [2.05, 4.69) is 30.4 Å². The van der Waals surface area contributed by atoms with Gasteiger partial charge < -0.3 is 14.8 Å². The van der Waals surface area contributed by atoms with Crippen molar-refractivity contribution in [1.82, 2.24) is 5.32 Å². The third-order valence-electron chi connectivity index (χ3n) is 6.72. The molecule has 3 atom stereocenters. The average Bonchev–Trinajstić information content (AvgIpc) is 2.61. The highest BCUT2D eigenvalue weighted by molar-refractivity contribution is 5.83. The number of nitrogens with one attached hydrogen (secondary N) is 1. The maximum atomic E-state index is 12.5. The molecule has 1 heterocycles. The van der Waals surface area contributed by atoms with Crippen LogP contribution in [0.4, 0.5) is 0 Å². The second-order valence-electron chi connectivity index (χ2n) is 7.84. The molecule has 0 spiro atoms. The van der Waals surface area contributed by atoms with Gasteiger partial charge in [0.25, 0.3) is 0 Å². The van der Waals surface area contributed by atoms with Crippen molar-refractivity contribution in [3.63, 3.8) is 0 Å². The molecule has 25 heavy (non-hydrogen) atoms. The minimum Gasteiger partial charge on any atom is -0.493 e. The minimum atomic E-state index is -0.295. The Bertz CT molecular complexity index is 673. The number of Topliss-reactive ketones (excluding diaryl/α,β-unsaturated/α-hetero) is 1. The second-order valence-corrected chi connectivity index (χ2v) is 7.84. The Kier molecular flexibility index (Phi) is 4.37. The van der Waals surface area contributed by atoms with Crippen molar-refractivity contribution >= 4 is 5.78 Å². The number of ether oxygens (including phenoxy) is 2. The van der Waals surface area contributed by atoms with Gasteiger partial charge in [0.2, 0.25) is 0 Å². The van der Waals surface area contributed by atoms with Gasteiger partial charge in [-0.05, 0) is 43.9 Å². The highest BCUT2D eigenvalue weighted by atomic mass is 16.5. The van der Waals surface area contributed by atoms with Crippen LogP contribution in [0.1, 0.15) is 56.6 Å². The van der Waals surface area contributed by atoms with Gasteiger partial charge in [0.1, 0.15) is 11.5 Å². The maximum Gasteiger partial charge on any atom is 0.134 e. The van der Waals surface area contributed by atoms with E-state index in [-0.39, 0.29) is 17.1 Å². The van der Waals surface area contributed by atoms with Gasteiger partial charge in [0, 0.05) is 37.0 Å². The zero-order chi connectivity index (χ0) is 17.5. The van der Waals surface area contributed by atoms with Gasteiger partial charge in [-0.25, -0.2) is 0 Å². The van der Waals surface area contributed by atoms with Gasteiger partial charge in [-0.2, -0.15) is 0 Å². The zero-order valence-electron chi connectivity index (χ0n) is 15.4. The van der Waals surface area contributed by atoms with Crippen molar-refractivity contribution in [3.8, 4) is 5.75 Å². The van der Waals surface area contributed by atoms with E-state index < -0.39 is 0 Å². The number of hydrogen-bond acceptors (Lipinski definition) is 4. The van der Waals surface area contributed by atoms with E-state index in [4.69, 9.17) is 9.47 Å². The Morgan fingerprint density at radius 3 is 3.00 bits per heavy atom. The fourth-order valence-electron chi connectivity index (χ4n) is 5.63. The van der Waals surface area contributed by atoms with E-state index in [0.29, 0.717) is 18.6 Å². The van der Waals surface area contributed by atoms with Crippen molar-refractivity contribution in [2.24, 2.45) is 0 Å². The number of rotatable bonds is 5. The number of piperidine rings is 1. The summed E-state index contributed by atoms with van der Waals surface area (Å²) in [7, 11) is 1.83. The number of benzene rings is 1. The molecule has 1 saturated carbocycles. The highest BCUT2D eigenvalue weighted by Gasteiger charge is 2.64. The first-order valence-electron chi connectivity index (χ1n) is 9.72. The molecule has 1 N–H and O–H groups in total. The van der Waals surface area contributed by atoms with E-state index in [1.165, 1.54) is 11.1 Å². The van der Waals surface area contributed by atoms with Crippen molar-refractivity contribution < 1.29 is 14.3 Å². The molecule has 2 aliphatic carbocycles. The largest absolute Gasteiger partial charge is 0.493 e. The van der Waals surface area contributed by atoms with Gasteiger partial charge in [0.05, 0.1) is 12.2 Å². The molecule has 2 bridgehead atoms. The van der Waals surface area contributed by atoms with E-state index in [0.717, 1.165) is 51.0 Å². The summed E-state index contributed by atoms with van der Waals surface area (Å²) in [5, 5.41) is 3.69. The molecule has 1 aliphatic heterocycles. The predicted octanol–water partition coefficient (Wildman–Crippen LogP) is 3.16. The fraction of sp³-hybridized carbons (Fsp3) is 0.667. The molecule has 0 aromatic heterocycles. The van der Waals surface area contributed by atoms with Crippen LogP contribution < -0.4 is 10.1 Å². The molecule has 4 heteroatoms. The Hall–Kier alpha value is -1.39. The number of carbonyl (C=O) groups excluding carboxylic acids is 1. The Morgan fingerprint density at radius 2 is 2.20 bits per heavy atom. The first kappa shape index (κ1) is 17.0. The summed E-state index contributed by atoms with van der Waals surface area (Å²) in [6.07, 6.45) is 6.07. The lowest BCUT2D eigenvalue weighted by molar-refractivity contribution is -0.161. The number of ketones is 1. The van der Waals surface area contributed by atoms with Crippen LogP contribution >= 0.6 is 0 Å². The van der Waals surface area contributed by atoms with E-state index in [9.17, 15) is 4.79 Å². The number of carbonyl (C=O) groups is 1. The first-order valence-corrected chi connectivity index (χ1v) is 9.72.